The molecular formula is C10H19NO3. The maximum Gasteiger partial charge on any atom is 0.326 e. The molecule has 0 rings (SSSR count). The molecule has 1 unspecified atom stereocenters. The Morgan fingerprint density at radius 2 is 1.93 bits per heavy atom. The van der Waals surface area contributed by atoms with Crippen LogP contribution >= 0.6 is 0 Å². The molecule has 0 saturated carbocycles. The van der Waals surface area contributed by atoms with Gasteiger partial charge in [-0.15, -0.1) is 0 Å². The summed E-state index contributed by atoms with van der Waals surface area (Å²) >= 11 is 0. The van der Waals surface area contributed by atoms with E-state index in [0.29, 0.717) is 12.8 Å². The lowest BCUT2D eigenvalue weighted by Crippen LogP contribution is -2.40. The molecule has 4 heteroatoms. The van der Waals surface area contributed by atoms with E-state index in [1.165, 1.54) is 0 Å². The van der Waals surface area contributed by atoms with Gasteiger partial charge in [-0.2, -0.15) is 0 Å². The second kappa shape index (κ2) is 7.35. The SMILES string of the molecule is CCCCC(NC(=O)CCC)C(=O)O. The quantitative estimate of drug-likeness (QED) is 0.656. The van der Waals surface area contributed by atoms with Crippen LogP contribution in [0.4, 0.5) is 0 Å². The van der Waals surface area contributed by atoms with Gasteiger partial charge in [0.25, 0.3) is 0 Å². The molecule has 4 nitrogen and oxygen atoms in total. The zero-order valence-corrected chi connectivity index (χ0v) is 8.88. The van der Waals surface area contributed by atoms with Crippen LogP contribution in [0.5, 0.6) is 0 Å². The van der Waals surface area contributed by atoms with E-state index in [1.807, 2.05) is 13.8 Å². The van der Waals surface area contributed by atoms with Gasteiger partial charge < -0.3 is 10.4 Å². The van der Waals surface area contributed by atoms with E-state index in [2.05, 4.69) is 5.32 Å². The molecule has 0 saturated heterocycles. The Hall–Kier alpha value is -1.06. The Balaban J connectivity index is 3.95. The van der Waals surface area contributed by atoms with Crippen molar-refractivity contribution in [1.29, 1.82) is 0 Å². The minimum atomic E-state index is -0.942. The zero-order valence-electron chi connectivity index (χ0n) is 8.88. The molecule has 0 aliphatic carbocycles. The number of carboxylic acid groups (broad SMARTS) is 1. The van der Waals surface area contributed by atoms with Gasteiger partial charge in [-0.25, -0.2) is 4.79 Å². The lowest BCUT2D eigenvalue weighted by Gasteiger charge is -2.13. The van der Waals surface area contributed by atoms with Gasteiger partial charge in [0, 0.05) is 6.42 Å². The average Bonchev–Trinajstić information content (AvgIpc) is 2.12. The summed E-state index contributed by atoms with van der Waals surface area (Å²) in [5.41, 5.74) is 0. The van der Waals surface area contributed by atoms with Crippen LogP contribution in [0.25, 0.3) is 0 Å². The second-order valence-electron chi connectivity index (χ2n) is 3.35. The molecule has 0 aromatic heterocycles. The van der Waals surface area contributed by atoms with Crippen LogP contribution < -0.4 is 5.32 Å². The molecule has 0 fully saturated rings. The van der Waals surface area contributed by atoms with Crippen molar-refractivity contribution in [3.8, 4) is 0 Å². The molecule has 1 atom stereocenters. The molecule has 0 heterocycles. The highest BCUT2D eigenvalue weighted by molar-refractivity contribution is 5.83. The van der Waals surface area contributed by atoms with Crippen LogP contribution in [0.15, 0.2) is 0 Å². The highest BCUT2D eigenvalue weighted by Crippen LogP contribution is 2.01. The smallest absolute Gasteiger partial charge is 0.326 e. The maximum absolute atomic E-state index is 11.1. The topological polar surface area (TPSA) is 66.4 Å². The van der Waals surface area contributed by atoms with Crippen LogP contribution in [-0.2, 0) is 9.59 Å². The van der Waals surface area contributed by atoms with Gasteiger partial charge in [0.15, 0.2) is 0 Å². The summed E-state index contributed by atoms with van der Waals surface area (Å²) < 4.78 is 0. The number of unbranched alkanes of at least 4 members (excludes halogenated alkanes) is 1. The summed E-state index contributed by atoms with van der Waals surface area (Å²) in [6.07, 6.45) is 3.42. The van der Waals surface area contributed by atoms with Crippen molar-refractivity contribution in [3.05, 3.63) is 0 Å². The maximum atomic E-state index is 11.1. The minimum Gasteiger partial charge on any atom is -0.480 e. The van der Waals surface area contributed by atoms with Crippen LogP contribution in [0.3, 0.4) is 0 Å². The normalized spacial score (nSPS) is 12.1. The summed E-state index contributed by atoms with van der Waals surface area (Å²) in [7, 11) is 0. The first kappa shape index (κ1) is 12.9. The number of rotatable bonds is 7. The van der Waals surface area contributed by atoms with Gasteiger partial charge in [0.05, 0.1) is 0 Å². The van der Waals surface area contributed by atoms with E-state index < -0.39 is 12.0 Å². The molecule has 0 aliphatic rings. The van der Waals surface area contributed by atoms with Crippen molar-refractivity contribution >= 4 is 11.9 Å². The zero-order chi connectivity index (χ0) is 11.0. The average molecular weight is 201 g/mol. The fourth-order valence-electron chi connectivity index (χ4n) is 1.16. The summed E-state index contributed by atoms with van der Waals surface area (Å²) in [6.45, 7) is 3.88. The summed E-state index contributed by atoms with van der Waals surface area (Å²) in [5.74, 6) is -1.11. The monoisotopic (exact) mass is 201 g/mol. The van der Waals surface area contributed by atoms with E-state index in [9.17, 15) is 9.59 Å². The fourth-order valence-corrected chi connectivity index (χ4v) is 1.16. The van der Waals surface area contributed by atoms with E-state index in [4.69, 9.17) is 5.11 Å². The Labute approximate surface area is 84.7 Å². The Kier molecular flexibility index (Phi) is 6.80. The largest absolute Gasteiger partial charge is 0.480 e. The van der Waals surface area contributed by atoms with Crippen molar-refractivity contribution in [1.82, 2.24) is 5.32 Å². The highest BCUT2D eigenvalue weighted by atomic mass is 16.4. The molecule has 2 N–H and O–H groups in total. The molecule has 14 heavy (non-hydrogen) atoms. The Morgan fingerprint density at radius 3 is 2.36 bits per heavy atom. The van der Waals surface area contributed by atoms with Gasteiger partial charge in [-0.05, 0) is 12.8 Å². The van der Waals surface area contributed by atoms with E-state index >= 15 is 0 Å². The van der Waals surface area contributed by atoms with Crippen LogP contribution in [-0.4, -0.2) is 23.0 Å². The summed E-state index contributed by atoms with van der Waals surface area (Å²) in [6, 6.07) is -0.714. The lowest BCUT2D eigenvalue weighted by molar-refractivity contribution is -0.142. The number of aliphatic carboxylic acids is 1. The van der Waals surface area contributed by atoms with Crippen LogP contribution in [0, 0.1) is 0 Å². The molecule has 1 amide bonds. The number of nitrogens with one attached hydrogen (secondary N) is 1. The third-order valence-electron chi connectivity index (χ3n) is 1.96. The molecule has 0 spiro atoms. The second-order valence-corrected chi connectivity index (χ2v) is 3.35. The predicted molar refractivity (Wildman–Crippen MR) is 54.0 cm³/mol. The van der Waals surface area contributed by atoms with Crippen molar-refractivity contribution in [2.45, 2.75) is 52.0 Å². The number of hydrogen-bond donors (Lipinski definition) is 2. The molecule has 82 valence electrons. The van der Waals surface area contributed by atoms with Crippen molar-refractivity contribution < 1.29 is 14.7 Å². The third kappa shape index (κ3) is 5.56. The standard InChI is InChI=1S/C10H19NO3/c1-3-5-7-8(10(13)14)11-9(12)6-4-2/h8H,3-7H2,1-2H3,(H,11,12)(H,13,14). The molecular weight excluding hydrogens is 182 g/mol. The third-order valence-corrected chi connectivity index (χ3v) is 1.96. The van der Waals surface area contributed by atoms with E-state index in [0.717, 1.165) is 19.3 Å². The van der Waals surface area contributed by atoms with Gasteiger partial charge in [0.2, 0.25) is 5.91 Å². The summed E-state index contributed by atoms with van der Waals surface area (Å²) in [5, 5.41) is 11.3. The Morgan fingerprint density at radius 1 is 1.29 bits per heavy atom. The van der Waals surface area contributed by atoms with Gasteiger partial charge in [-0.1, -0.05) is 26.7 Å². The van der Waals surface area contributed by atoms with Crippen molar-refractivity contribution in [2.75, 3.05) is 0 Å². The van der Waals surface area contributed by atoms with Gasteiger partial charge in [0.1, 0.15) is 6.04 Å². The van der Waals surface area contributed by atoms with E-state index in [1.54, 1.807) is 0 Å². The number of carbonyl (C=O) groups is 2. The Bertz CT molecular complexity index is 192. The summed E-state index contributed by atoms with van der Waals surface area (Å²) in [4.78, 5) is 21.9. The van der Waals surface area contributed by atoms with Crippen molar-refractivity contribution in [2.24, 2.45) is 0 Å². The first-order chi connectivity index (χ1) is 6.61. The highest BCUT2D eigenvalue weighted by Gasteiger charge is 2.18. The first-order valence-corrected chi connectivity index (χ1v) is 5.14. The molecule has 0 aromatic carbocycles. The number of carboxylic acids is 1. The number of amides is 1. The fraction of sp³-hybridized carbons (Fsp3) is 0.800. The van der Waals surface area contributed by atoms with E-state index in [-0.39, 0.29) is 5.91 Å². The van der Waals surface area contributed by atoms with Gasteiger partial charge >= 0.3 is 5.97 Å². The minimum absolute atomic E-state index is 0.170. The van der Waals surface area contributed by atoms with Crippen LogP contribution in [0.2, 0.25) is 0 Å². The lowest BCUT2D eigenvalue weighted by atomic mass is 10.1. The molecule has 0 aliphatic heterocycles. The van der Waals surface area contributed by atoms with Crippen molar-refractivity contribution in [3.63, 3.8) is 0 Å². The number of carbonyl (C=O) groups excluding carboxylic acids is 1. The predicted octanol–water partition coefficient (Wildman–Crippen LogP) is 1.55. The van der Waals surface area contributed by atoms with Crippen LogP contribution in [0.1, 0.15) is 46.0 Å². The molecule has 0 bridgehead atoms. The molecule has 0 radical (unpaired) electrons. The van der Waals surface area contributed by atoms with Gasteiger partial charge in [-0.3, -0.25) is 4.79 Å². The first-order valence-electron chi connectivity index (χ1n) is 5.14. The molecule has 0 aromatic rings. The number of hydrogen-bond acceptors (Lipinski definition) is 2.